The highest BCUT2D eigenvalue weighted by Gasteiger charge is 2.23. The average molecular weight is 404 g/mol. The molecular weight excluding hydrogens is 380 g/mol. The number of carbonyl (C=O) groups is 1. The number of benzene rings is 2. The van der Waals surface area contributed by atoms with E-state index in [-0.39, 0.29) is 17.7 Å². The van der Waals surface area contributed by atoms with E-state index in [4.69, 9.17) is 9.15 Å². The summed E-state index contributed by atoms with van der Waals surface area (Å²) in [6.45, 7) is 5.96. The molecule has 0 radical (unpaired) electrons. The number of nitrogens with one attached hydrogen (secondary N) is 1. The van der Waals surface area contributed by atoms with Crippen molar-refractivity contribution in [3.8, 4) is 5.75 Å². The van der Waals surface area contributed by atoms with Gasteiger partial charge in [0.05, 0.1) is 24.6 Å². The van der Waals surface area contributed by atoms with Crippen molar-refractivity contribution in [1.29, 1.82) is 0 Å². The summed E-state index contributed by atoms with van der Waals surface area (Å²) >= 11 is 0. The molecular formula is C24H24N2O4. The van der Waals surface area contributed by atoms with E-state index < -0.39 is 5.76 Å². The van der Waals surface area contributed by atoms with Crippen LogP contribution in [0.15, 0.2) is 63.8 Å². The first-order valence-electron chi connectivity index (χ1n) is 9.78. The molecule has 6 nitrogen and oxygen atoms in total. The summed E-state index contributed by atoms with van der Waals surface area (Å²) in [5.74, 6) is 0.692. The van der Waals surface area contributed by atoms with Crippen LogP contribution >= 0.6 is 0 Å². The summed E-state index contributed by atoms with van der Waals surface area (Å²) in [5, 5.41) is 3.78. The average Bonchev–Trinajstić information content (AvgIpc) is 3.02. The van der Waals surface area contributed by atoms with Gasteiger partial charge in [0.25, 0.3) is 0 Å². The van der Waals surface area contributed by atoms with Crippen LogP contribution in [-0.4, -0.2) is 17.4 Å². The minimum absolute atomic E-state index is 0.135. The van der Waals surface area contributed by atoms with Gasteiger partial charge in [-0.25, -0.2) is 9.20 Å². The molecule has 0 spiro atoms. The Hall–Kier alpha value is -3.54. The zero-order chi connectivity index (χ0) is 21.5. The maximum absolute atomic E-state index is 12.8. The Morgan fingerprint density at radius 2 is 1.77 bits per heavy atom. The number of hydrogen-bond acceptors (Lipinski definition) is 4. The third-order valence-corrected chi connectivity index (χ3v) is 5.12. The number of ether oxygens (including phenoxy) is 1. The van der Waals surface area contributed by atoms with Gasteiger partial charge in [0, 0.05) is 22.6 Å². The Labute approximate surface area is 174 Å². The van der Waals surface area contributed by atoms with E-state index in [1.807, 2.05) is 51.1 Å². The first-order valence-corrected chi connectivity index (χ1v) is 9.78. The Balaban J connectivity index is 1.78. The minimum atomic E-state index is -0.449. The van der Waals surface area contributed by atoms with Crippen LogP contribution in [0.1, 0.15) is 32.1 Å². The first-order chi connectivity index (χ1) is 14.3. The number of rotatable bonds is 4. The van der Waals surface area contributed by atoms with Crippen molar-refractivity contribution in [2.24, 2.45) is 0 Å². The minimum Gasteiger partial charge on any atom is -0.497 e. The fraction of sp³-hybridized carbons (Fsp3) is 0.250. The van der Waals surface area contributed by atoms with E-state index in [0.717, 1.165) is 22.2 Å². The van der Waals surface area contributed by atoms with Crippen LogP contribution in [0.2, 0.25) is 0 Å². The lowest BCUT2D eigenvalue weighted by Crippen LogP contribution is -2.19. The number of para-hydroxylation sites is 1. The normalized spacial score (nSPS) is 11.7. The molecule has 0 aliphatic carbocycles. The van der Waals surface area contributed by atoms with Crippen molar-refractivity contribution in [3.63, 3.8) is 0 Å². The van der Waals surface area contributed by atoms with Gasteiger partial charge in [0.15, 0.2) is 0 Å². The third-order valence-electron chi connectivity index (χ3n) is 5.12. The Morgan fingerprint density at radius 1 is 1.07 bits per heavy atom. The van der Waals surface area contributed by atoms with Crippen LogP contribution in [0, 0.1) is 0 Å². The fourth-order valence-electron chi connectivity index (χ4n) is 3.56. The highest BCUT2D eigenvalue weighted by molar-refractivity contribution is 6.00. The largest absolute Gasteiger partial charge is 0.497 e. The quantitative estimate of drug-likeness (QED) is 0.542. The van der Waals surface area contributed by atoms with Gasteiger partial charge in [0.2, 0.25) is 5.91 Å². The van der Waals surface area contributed by atoms with E-state index in [9.17, 15) is 9.59 Å². The SMILES string of the molecule is COc1ccc(NC(=O)Cc2c3ccccc3n3c(=O)oc(C(C)(C)C)cc23)cc1. The zero-order valence-corrected chi connectivity index (χ0v) is 17.5. The molecule has 4 aromatic rings. The molecule has 154 valence electrons. The molecule has 1 N–H and O–H groups in total. The predicted octanol–water partition coefficient (Wildman–Crippen LogP) is 4.53. The Bertz CT molecular complexity index is 1290. The molecule has 2 aromatic heterocycles. The maximum Gasteiger partial charge on any atom is 0.424 e. The van der Waals surface area contributed by atoms with E-state index in [2.05, 4.69) is 5.32 Å². The molecule has 0 saturated carbocycles. The summed E-state index contributed by atoms with van der Waals surface area (Å²) in [5.41, 5.74) is 2.58. The number of methoxy groups -OCH3 is 1. The lowest BCUT2D eigenvalue weighted by atomic mass is 9.92. The Kier molecular flexibility index (Phi) is 4.86. The van der Waals surface area contributed by atoms with Crippen LogP contribution in [0.5, 0.6) is 5.75 Å². The zero-order valence-electron chi connectivity index (χ0n) is 17.5. The van der Waals surface area contributed by atoms with E-state index in [1.54, 1.807) is 35.8 Å². The van der Waals surface area contributed by atoms with E-state index in [0.29, 0.717) is 17.0 Å². The second-order valence-electron chi connectivity index (χ2n) is 8.30. The molecule has 0 aliphatic heterocycles. The lowest BCUT2D eigenvalue weighted by Gasteiger charge is -2.16. The van der Waals surface area contributed by atoms with Gasteiger partial charge in [-0.1, -0.05) is 39.0 Å². The molecule has 2 aromatic carbocycles. The van der Waals surface area contributed by atoms with Crippen molar-refractivity contribution in [1.82, 2.24) is 4.40 Å². The second-order valence-corrected chi connectivity index (χ2v) is 8.30. The number of carbonyl (C=O) groups excluding carboxylic acids is 1. The summed E-state index contributed by atoms with van der Waals surface area (Å²) in [6.07, 6.45) is 0.135. The van der Waals surface area contributed by atoms with Crippen molar-refractivity contribution < 1.29 is 13.9 Å². The maximum atomic E-state index is 12.8. The summed E-state index contributed by atoms with van der Waals surface area (Å²) in [4.78, 5) is 25.6. The van der Waals surface area contributed by atoms with Crippen LogP contribution in [-0.2, 0) is 16.6 Å². The van der Waals surface area contributed by atoms with Crippen molar-refractivity contribution in [2.75, 3.05) is 12.4 Å². The standard InChI is InChI=1S/C24H24N2O4/c1-24(2,3)21-14-20-18(13-22(27)25-15-9-11-16(29-4)12-10-15)17-7-5-6-8-19(17)26(20)23(28)30-21/h5-12,14H,13H2,1-4H3,(H,25,27). The topological polar surface area (TPSA) is 72.9 Å². The van der Waals surface area contributed by atoms with Crippen molar-refractivity contribution in [2.45, 2.75) is 32.6 Å². The Morgan fingerprint density at radius 3 is 2.43 bits per heavy atom. The van der Waals surface area contributed by atoms with Gasteiger partial charge in [0.1, 0.15) is 11.5 Å². The van der Waals surface area contributed by atoms with Gasteiger partial charge < -0.3 is 14.5 Å². The molecule has 1 amide bonds. The van der Waals surface area contributed by atoms with E-state index in [1.165, 1.54) is 0 Å². The molecule has 0 saturated heterocycles. The fourth-order valence-corrected chi connectivity index (χ4v) is 3.56. The van der Waals surface area contributed by atoms with Crippen LogP contribution in [0.4, 0.5) is 5.69 Å². The first kappa shape index (κ1) is 19.8. The summed E-state index contributed by atoms with van der Waals surface area (Å²) in [7, 11) is 1.60. The van der Waals surface area contributed by atoms with Gasteiger partial charge in [-0.15, -0.1) is 0 Å². The van der Waals surface area contributed by atoms with E-state index >= 15 is 0 Å². The molecule has 0 fully saturated rings. The second kappa shape index (κ2) is 7.37. The highest BCUT2D eigenvalue weighted by atomic mass is 16.5. The van der Waals surface area contributed by atoms with Crippen molar-refractivity contribution >= 4 is 28.0 Å². The van der Waals surface area contributed by atoms with Crippen molar-refractivity contribution in [3.05, 3.63) is 76.5 Å². The lowest BCUT2D eigenvalue weighted by molar-refractivity contribution is -0.115. The van der Waals surface area contributed by atoms with Gasteiger partial charge >= 0.3 is 5.76 Å². The molecule has 0 atom stereocenters. The monoisotopic (exact) mass is 404 g/mol. The molecule has 6 heteroatoms. The molecule has 4 rings (SSSR count). The third kappa shape index (κ3) is 3.56. The number of amides is 1. The van der Waals surface area contributed by atoms with Gasteiger partial charge in [-0.3, -0.25) is 4.79 Å². The molecule has 0 bridgehead atoms. The summed E-state index contributed by atoms with van der Waals surface area (Å²) < 4.78 is 12.3. The van der Waals surface area contributed by atoms with Crippen LogP contribution in [0.3, 0.4) is 0 Å². The van der Waals surface area contributed by atoms with Crippen LogP contribution in [0.25, 0.3) is 16.4 Å². The predicted molar refractivity (Wildman–Crippen MR) is 117 cm³/mol. The number of hydrogen-bond donors (Lipinski definition) is 1. The number of anilines is 1. The molecule has 2 heterocycles. The smallest absolute Gasteiger partial charge is 0.424 e. The van der Waals surface area contributed by atoms with Gasteiger partial charge in [-0.2, -0.15) is 0 Å². The highest BCUT2D eigenvalue weighted by Crippen LogP contribution is 2.30. The number of nitrogens with zero attached hydrogens (tertiary/aromatic N) is 1. The number of aromatic nitrogens is 1. The molecule has 30 heavy (non-hydrogen) atoms. The number of fused-ring (bicyclic) bond motifs is 3. The van der Waals surface area contributed by atoms with Crippen LogP contribution < -0.4 is 15.8 Å². The van der Waals surface area contributed by atoms with Gasteiger partial charge in [-0.05, 0) is 35.9 Å². The molecule has 0 unspecified atom stereocenters. The summed E-state index contributed by atoms with van der Waals surface area (Å²) in [6, 6.07) is 16.6. The molecule has 0 aliphatic rings.